The quantitative estimate of drug-likeness (QED) is 0.196. The molecule has 0 bridgehead atoms. The van der Waals surface area contributed by atoms with Gasteiger partial charge in [0.05, 0.1) is 6.42 Å². The molecule has 0 radical (unpaired) electrons. The van der Waals surface area contributed by atoms with Crippen LogP contribution in [-0.4, -0.2) is 52.2 Å². The number of ether oxygens (including phenoxy) is 2. The molecule has 4 rings (SSSR count). The maximum atomic E-state index is 13.5. The monoisotopic (exact) mass is 644 g/mol. The largest absolute Gasteiger partial charge is 0.489 e. The van der Waals surface area contributed by atoms with E-state index in [2.05, 4.69) is 20.9 Å². The molecule has 0 saturated heterocycles. The predicted molar refractivity (Wildman–Crippen MR) is 177 cm³/mol. The Balaban J connectivity index is 1.36. The summed E-state index contributed by atoms with van der Waals surface area (Å²) < 4.78 is 11.2. The Hall–Kier alpha value is -4.93. The highest BCUT2D eigenvalue weighted by molar-refractivity contribution is 5.97. The minimum absolute atomic E-state index is 0.117. The van der Waals surface area contributed by atoms with Crippen molar-refractivity contribution < 1.29 is 33.8 Å². The van der Waals surface area contributed by atoms with E-state index in [0.29, 0.717) is 43.0 Å². The van der Waals surface area contributed by atoms with Crippen molar-refractivity contribution in [3.63, 3.8) is 0 Å². The number of nitrogens with zero attached hydrogens (tertiary/aromatic N) is 1. The number of carbonyl (C=O) groups excluding carboxylic acids is 3. The Bertz CT molecular complexity index is 1480. The zero-order valence-corrected chi connectivity index (χ0v) is 27.2. The van der Waals surface area contributed by atoms with Crippen molar-refractivity contribution in [2.45, 2.75) is 77.5 Å². The number of hydrogen-bond donors (Lipinski definition) is 4. The van der Waals surface area contributed by atoms with Gasteiger partial charge in [-0.2, -0.15) is 0 Å². The Labute approximate surface area is 275 Å². The SMILES string of the molecule is CC(C)(C)OC(=O)NCC1CCC(C(=O)N[C@@H](Cc2ccc(OCc3ccncc3)cc2)C(=O)Nc2ccc(CC(=O)O)cc2)CC1. The first-order valence-electron chi connectivity index (χ1n) is 15.9. The fourth-order valence-corrected chi connectivity index (χ4v) is 5.38. The van der Waals surface area contributed by atoms with Crippen molar-refractivity contribution >= 4 is 29.6 Å². The van der Waals surface area contributed by atoms with Crippen LogP contribution in [0.25, 0.3) is 0 Å². The van der Waals surface area contributed by atoms with Gasteiger partial charge in [0.15, 0.2) is 0 Å². The van der Waals surface area contributed by atoms with E-state index in [0.717, 1.165) is 24.0 Å². The van der Waals surface area contributed by atoms with Crippen molar-refractivity contribution in [3.8, 4) is 5.75 Å². The van der Waals surface area contributed by atoms with Gasteiger partial charge in [0.1, 0.15) is 24.0 Å². The maximum absolute atomic E-state index is 13.5. The molecule has 1 atom stereocenters. The summed E-state index contributed by atoms with van der Waals surface area (Å²) in [6.07, 6.45) is 5.95. The summed E-state index contributed by atoms with van der Waals surface area (Å²) in [5, 5.41) is 17.7. The smallest absolute Gasteiger partial charge is 0.407 e. The summed E-state index contributed by atoms with van der Waals surface area (Å²) in [6.45, 7) is 6.33. The van der Waals surface area contributed by atoms with Crippen molar-refractivity contribution in [1.29, 1.82) is 0 Å². The maximum Gasteiger partial charge on any atom is 0.407 e. The van der Waals surface area contributed by atoms with E-state index in [9.17, 15) is 19.2 Å². The van der Waals surface area contributed by atoms with Crippen molar-refractivity contribution in [2.24, 2.45) is 11.8 Å². The van der Waals surface area contributed by atoms with Crippen LogP contribution in [0.4, 0.5) is 10.5 Å². The molecule has 47 heavy (non-hydrogen) atoms. The third-order valence-electron chi connectivity index (χ3n) is 7.88. The molecule has 0 aliphatic heterocycles. The minimum Gasteiger partial charge on any atom is -0.489 e. The number of amides is 3. The first-order valence-corrected chi connectivity index (χ1v) is 15.9. The standard InChI is InChI=1S/C36H44N4O7/c1-36(2,3)47-35(45)38-22-26-4-10-28(11-5-26)33(43)40-31(34(44)39-29-12-6-25(7-13-29)21-32(41)42)20-24-8-14-30(15-9-24)46-23-27-16-18-37-19-17-27/h6-9,12-19,26,28,31H,4-5,10-11,20-23H2,1-3H3,(H,38,45)(H,39,44)(H,40,43)(H,41,42)/t26?,28?,31-/m0/s1. The molecule has 0 unspecified atom stereocenters. The number of pyridine rings is 1. The van der Waals surface area contributed by atoms with Crippen LogP contribution in [0.15, 0.2) is 73.1 Å². The molecule has 2 aromatic carbocycles. The first-order chi connectivity index (χ1) is 22.4. The average molecular weight is 645 g/mol. The number of rotatable bonds is 13. The van der Waals surface area contributed by atoms with E-state index in [1.54, 1.807) is 36.7 Å². The molecule has 1 aromatic heterocycles. The molecule has 11 heteroatoms. The van der Waals surface area contributed by atoms with Crippen LogP contribution in [0.1, 0.15) is 63.1 Å². The van der Waals surface area contributed by atoms with Crippen LogP contribution in [-0.2, 0) is 38.6 Å². The van der Waals surface area contributed by atoms with Crippen molar-refractivity contribution in [1.82, 2.24) is 15.6 Å². The van der Waals surface area contributed by atoms with E-state index in [1.807, 2.05) is 57.2 Å². The lowest BCUT2D eigenvalue weighted by Gasteiger charge is -2.29. The van der Waals surface area contributed by atoms with E-state index in [1.165, 1.54) is 0 Å². The van der Waals surface area contributed by atoms with Gasteiger partial charge in [0.2, 0.25) is 11.8 Å². The zero-order chi connectivity index (χ0) is 33.8. The van der Waals surface area contributed by atoms with Gasteiger partial charge in [-0.3, -0.25) is 19.4 Å². The van der Waals surface area contributed by atoms with Crippen molar-refractivity contribution in [3.05, 3.63) is 89.7 Å². The highest BCUT2D eigenvalue weighted by atomic mass is 16.6. The average Bonchev–Trinajstić information content (AvgIpc) is 3.03. The second kappa shape index (κ2) is 16.6. The summed E-state index contributed by atoms with van der Waals surface area (Å²) in [5.41, 5.74) is 2.39. The number of alkyl carbamates (subject to hydrolysis) is 1. The molecule has 1 heterocycles. The van der Waals surface area contributed by atoms with E-state index in [4.69, 9.17) is 14.6 Å². The third kappa shape index (κ3) is 12.1. The van der Waals surface area contributed by atoms with Gasteiger partial charge in [-0.1, -0.05) is 24.3 Å². The lowest BCUT2D eigenvalue weighted by molar-refractivity contribution is -0.136. The number of hydrogen-bond acceptors (Lipinski definition) is 7. The van der Waals surface area contributed by atoms with Crippen LogP contribution in [0.3, 0.4) is 0 Å². The molecule has 4 N–H and O–H groups in total. The van der Waals surface area contributed by atoms with E-state index in [-0.39, 0.29) is 36.5 Å². The van der Waals surface area contributed by atoms with Gasteiger partial charge in [0.25, 0.3) is 0 Å². The zero-order valence-electron chi connectivity index (χ0n) is 27.2. The normalized spacial score (nSPS) is 16.7. The van der Waals surface area contributed by atoms with Crippen LogP contribution in [0.2, 0.25) is 0 Å². The first kappa shape index (κ1) is 34.9. The van der Waals surface area contributed by atoms with Crippen LogP contribution < -0.4 is 20.7 Å². The molecule has 1 fully saturated rings. The van der Waals surface area contributed by atoms with Gasteiger partial charge < -0.3 is 30.5 Å². The number of aromatic nitrogens is 1. The summed E-state index contributed by atoms with van der Waals surface area (Å²) in [6, 6.07) is 16.9. The minimum atomic E-state index is -0.938. The van der Waals surface area contributed by atoms with E-state index >= 15 is 0 Å². The number of benzene rings is 2. The van der Waals surface area contributed by atoms with Crippen molar-refractivity contribution in [2.75, 3.05) is 11.9 Å². The van der Waals surface area contributed by atoms with Gasteiger partial charge in [0, 0.05) is 37.0 Å². The highest BCUT2D eigenvalue weighted by Crippen LogP contribution is 2.29. The molecule has 1 aliphatic rings. The molecular weight excluding hydrogens is 600 g/mol. The fourth-order valence-electron chi connectivity index (χ4n) is 5.38. The molecule has 1 saturated carbocycles. The third-order valence-corrected chi connectivity index (χ3v) is 7.88. The van der Waals surface area contributed by atoms with E-state index < -0.39 is 23.7 Å². The predicted octanol–water partition coefficient (Wildman–Crippen LogP) is 5.28. The van der Waals surface area contributed by atoms with Gasteiger partial charge in [-0.25, -0.2) is 4.79 Å². The summed E-state index contributed by atoms with van der Waals surface area (Å²) >= 11 is 0. The molecule has 1 aliphatic carbocycles. The fraction of sp³-hybridized carbons (Fsp3) is 0.417. The molecular formula is C36H44N4O7. The molecule has 250 valence electrons. The highest BCUT2D eigenvalue weighted by Gasteiger charge is 2.30. The molecule has 0 spiro atoms. The Morgan fingerprint density at radius 3 is 2.13 bits per heavy atom. The number of carboxylic acids is 1. The Morgan fingerprint density at radius 2 is 1.51 bits per heavy atom. The summed E-state index contributed by atoms with van der Waals surface area (Å²) in [5.74, 6) is -0.826. The number of nitrogens with one attached hydrogen (secondary N) is 3. The molecule has 3 aromatic rings. The Morgan fingerprint density at radius 1 is 0.872 bits per heavy atom. The van der Waals surface area contributed by atoms with Crippen LogP contribution >= 0.6 is 0 Å². The number of anilines is 1. The van der Waals surface area contributed by atoms with Gasteiger partial charge in [-0.05, 0) is 105 Å². The lowest BCUT2D eigenvalue weighted by atomic mass is 9.81. The summed E-state index contributed by atoms with van der Waals surface area (Å²) in [4.78, 5) is 54.1. The lowest BCUT2D eigenvalue weighted by Crippen LogP contribution is -2.48. The van der Waals surface area contributed by atoms with Gasteiger partial charge in [-0.15, -0.1) is 0 Å². The molecule has 11 nitrogen and oxygen atoms in total. The number of aliphatic carboxylic acids is 1. The molecule has 3 amide bonds. The summed E-state index contributed by atoms with van der Waals surface area (Å²) in [7, 11) is 0. The van der Waals surface area contributed by atoms with Gasteiger partial charge >= 0.3 is 12.1 Å². The van der Waals surface area contributed by atoms with Crippen LogP contribution in [0, 0.1) is 11.8 Å². The second-order valence-electron chi connectivity index (χ2n) is 12.9. The van der Waals surface area contributed by atoms with Crippen LogP contribution in [0.5, 0.6) is 5.75 Å². The number of carboxylic acid groups (broad SMARTS) is 1. The second-order valence-corrected chi connectivity index (χ2v) is 12.9. The Kier molecular flexibility index (Phi) is 12.3. The topological polar surface area (TPSA) is 156 Å². The number of carbonyl (C=O) groups is 4.